The molecule has 1 fully saturated rings. The van der Waals surface area contributed by atoms with Crippen LogP contribution in [-0.4, -0.2) is 43.2 Å². The van der Waals surface area contributed by atoms with Crippen LogP contribution in [0.5, 0.6) is 0 Å². The summed E-state index contributed by atoms with van der Waals surface area (Å²) in [5, 5.41) is 11.3. The zero-order valence-corrected chi connectivity index (χ0v) is 13.9. The SMILES string of the molecule is Cn1ncc2c(NC3CCCCNC3=O)nc(-c3ccncc3)nc21. The summed E-state index contributed by atoms with van der Waals surface area (Å²) >= 11 is 0. The maximum Gasteiger partial charge on any atom is 0.242 e. The Balaban J connectivity index is 1.78. The van der Waals surface area contributed by atoms with Crippen LogP contribution in [0.1, 0.15) is 19.3 Å². The third-order valence-electron chi connectivity index (χ3n) is 4.38. The fourth-order valence-corrected chi connectivity index (χ4v) is 3.00. The van der Waals surface area contributed by atoms with E-state index in [9.17, 15) is 4.79 Å². The van der Waals surface area contributed by atoms with E-state index in [-0.39, 0.29) is 11.9 Å². The van der Waals surface area contributed by atoms with E-state index in [4.69, 9.17) is 0 Å². The molecule has 0 aromatic carbocycles. The number of hydrogen-bond donors (Lipinski definition) is 2. The molecule has 8 heteroatoms. The van der Waals surface area contributed by atoms with Crippen molar-refractivity contribution in [3.8, 4) is 11.4 Å². The number of carbonyl (C=O) groups is 1. The van der Waals surface area contributed by atoms with Crippen LogP contribution in [-0.2, 0) is 11.8 Å². The normalized spacial score (nSPS) is 18.0. The third kappa shape index (κ3) is 3.02. The Labute approximate surface area is 144 Å². The molecule has 4 rings (SSSR count). The van der Waals surface area contributed by atoms with Gasteiger partial charge in [-0.1, -0.05) is 0 Å². The monoisotopic (exact) mass is 337 g/mol. The first-order chi connectivity index (χ1) is 12.2. The molecule has 0 bridgehead atoms. The summed E-state index contributed by atoms with van der Waals surface area (Å²) in [4.78, 5) is 25.6. The Morgan fingerprint density at radius 2 is 2.08 bits per heavy atom. The molecule has 1 unspecified atom stereocenters. The standard InChI is InChI=1S/C17H19N7O/c1-24-16-12(10-20-24)15(21-13-4-2-3-7-19-17(13)25)22-14(23-16)11-5-8-18-9-6-11/h5-6,8-10,13H,2-4,7H2,1H3,(H,19,25)(H,21,22,23). The van der Waals surface area contributed by atoms with Crippen molar-refractivity contribution in [1.29, 1.82) is 0 Å². The van der Waals surface area contributed by atoms with Crippen molar-refractivity contribution in [3.63, 3.8) is 0 Å². The smallest absolute Gasteiger partial charge is 0.242 e. The summed E-state index contributed by atoms with van der Waals surface area (Å²) in [6, 6.07) is 3.42. The average molecular weight is 337 g/mol. The molecule has 0 aliphatic carbocycles. The van der Waals surface area contributed by atoms with E-state index in [1.165, 1.54) is 0 Å². The molecule has 3 aromatic rings. The van der Waals surface area contributed by atoms with Gasteiger partial charge in [-0.25, -0.2) is 9.97 Å². The molecule has 3 aromatic heterocycles. The fourth-order valence-electron chi connectivity index (χ4n) is 3.00. The predicted octanol–water partition coefficient (Wildman–Crippen LogP) is 1.51. The number of fused-ring (bicyclic) bond motifs is 1. The minimum atomic E-state index is -0.300. The molecule has 25 heavy (non-hydrogen) atoms. The van der Waals surface area contributed by atoms with E-state index in [0.29, 0.717) is 11.6 Å². The highest BCUT2D eigenvalue weighted by molar-refractivity contribution is 5.91. The highest BCUT2D eigenvalue weighted by Crippen LogP contribution is 2.25. The summed E-state index contributed by atoms with van der Waals surface area (Å²) in [7, 11) is 1.84. The zero-order chi connectivity index (χ0) is 17.2. The second-order valence-electron chi connectivity index (χ2n) is 6.12. The van der Waals surface area contributed by atoms with Gasteiger partial charge < -0.3 is 10.6 Å². The Morgan fingerprint density at radius 1 is 1.24 bits per heavy atom. The first-order valence-corrected chi connectivity index (χ1v) is 8.37. The van der Waals surface area contributed by atoms with Crippen LogP contribution in [0.15, 0.2) is 30.7 Å². The summed E-state index contributed by atoms with van der Waals surface area (Å²) < 4.78 is 1.71. The van der Waals surface area contributed by atoms with Gasteiger partial charge in [0, 0.05) is 31.5 Å². The second-order valence-corrected chi connectivity index (χ2v) is 6.12. The third-order valence-corrected chi connectivity index (χ3v) is 4.38. The Kier molecular flexibility index (Phi) is 4.01. The number of carbonyl (C=O) groups excluding carboxylic acids is 1. The van der Waals surface area contributed by atoms with Gasteiger partial charge in [0.2, 0.25) is 5.91 Å². The molecule has 0 spiro atoms. The predicted molar refractivity (Wildman–Crippen MR) is 93.8 cm³/mol. The Hall–Kier alpha value is -3.03. The van der Waals surface area contributed by atoms with Crippen molar-refractivity contribution in [2.75, 3.05) is 11.9 Å². The average Bonchev–Trinajstić information content (AvgIpc) is 2.90. The first kappa shape index (κ1) is 15.5. The minimum absolute atomic E-state index is 0.0126. The quantitative estimate of drug-likeness (QED) is 0.752. The van der Waals surface area contributed by atoms with E-state index in [1.54, 1.807) is 23.3 Å². The zero-order valence-electron chi connectivity index (χ0n) is 13.9. The minimum Gasteiger partial charge on any atom is -0.358 e. The number of hydrogen-bond acceptors (Lipinski definition) is 6. The van der Waals surface area contributed by atoms with Crippen molar-refractivity contribution in [1.82, 2.24) is 30.0 Å². The number of aromatic nitrogens is 5. The van der Waals surface area contributed by atoms with Crippen molar-refractivity contribution >= 4 is 22.8 Å². The molecule has 1 saturated heterocycles. The van der Waals surface area contributed by atoms with Crippen LogP contribution in [0.25, 0.3) is 22.4 Å². The highest BCUT2D eigenvalue weighted by Gasteiger charge is 2.23. The molecular weight excluding hydrogens is 318 g/mol. The number of pyridine rings is 1. The van der Waals surface area contributed by atoms with Crippen LogP contribution in [0.4, 0.5) is 5.82 Å². The lowest BCUT2D eigenvalue weighted by molar-refractivity contribution is -0.121. The van der Waals surface area contributed by atoms with Gasteiger partial charge in [0.25, 0.3) is 0 Å². The molecule has 4 heterocycles. The summed E-state index contributed by atoms with van der Waals surface area (Å²) in [5.41, 5.74) is 1.59. The van der Waals surface area contributed by atoms with Gasteiger partial charge in [0.15, 0.2) is 11.5 Å². The van der Waals surface area contributed by atoms with E-state index in [0.717, 1.165) is 42.4 Å². The van der Waals surface area contributed by atoms with Gasteiger partial charge >= 0.3 is 0 Å². The van der Waals surface area contributed by atoms with Crippen molar-refractivity contribution < 1.29 is 4.79 Å². The molecule has 1 atom stereocenters. The Morgan fingerprint density at radius 3 is 2.92 bits per heavy atom. The molecule has 8 nitrogen and oxygen atoms in total. The van der Waals surface area contributed by atoms with Crippen molar-refractivity contribution in [2.45, 2.75) is 25.3 Å². The maximum absolute atomic E-state index is 12.3. The number of anilines is 1. The lowest BCUT2D eigenvalue weighted by atomic mass is 10.1. The molecular formula is C17H19N7O. The van der Waals surface area contributed by atoms with E-state index in [1.807, 2.05) is 19.2 Å². The second kappa shape index (κ2) is 6.46. The molecule has 1 aliphatic rings. The molecule has 128 valence electrons. The van der Waals surface area contributed by atoms with Gasteiger partial charge in [0.05, 0.1) is 11.6 Å². The van der Waals surface area contributed by atoms with Gasteiger partial charge in [-0.2, -0.15) is 5.10 Å². The fraction of sp³-hybridized carbons (Fsp3) is 0.353. The number of rotatable bonds is 3. The van der Waals surface area contributed by atoms with Crippen LogP contribution in [0.3, 0.4) is 0 Å². The topological polar surface area (TPSA) is 97.6 Å². The number of nitrogens with zero attached hydrogens (tertiary/aromatic N) is 5. The molecule has 2 N–H and O–H groups in total. The van der Waals surface area contributed by atoms with Gasteiger partial charge in [-0.05, 0) is 31.4 Å². The molecule has 1 amide bonds. The van der Waals surface area contributed by atoms with Crippen LogP contribution in [0, 0.1) is 0 Å². The molecule has 1 aliphatic heterocycles. The Bertz CT molecular complexity index is 906. The van der Waals surface area contributed by atoms with Gasteiger partial charge in [0.1, 0.15) is 11.9 Å². The maximum atomic E-state index is 12.3. The largest absolute Gasteiger partial charge is 0.358 e. The highest BCUT2D eigenvalue weighted by atomic mass is 16.2. The van der Waals surface area contributed by atoms with E-state index >= 15 is 0 Å². The number of aryl methyl sites for hydroxylation is 1. The van der Waals surface area contributed by atoms with Crippen molar-refractivity contribution in [3.05, 3.63) is 30.7 Å². The molecule has 0 radical (unpaired) electrons. The van der Waals surface area contributed by atoms with Crippen LogP contribution >= 0.6 is 0 Å². The van der Waals surface area contributed by atoms with E-state index < -0.39 is 0 Å². The van der Waals surface area contributed by atoms with Gasteiger partial charge in [-0.15, -0.1) is 0 Å². The molecule has 0 saturated carbocycles. The summed E-state index contributed by atoms with van der Waals surface area (Å²) in [6.07, 6.45) is 7.91. The van der Waals surface area contributed by atoms with E-state index in [2.05, 4.69) is 30.7 Å². The summed E-state index contributed by atoms with van der Waals surface area (Å²) in [5.74, 6) is 1.22. The van der Waals surface area contributed by atoms with Crippen LogP contribution in [0.2, 0.25) is 0 Å². The number of amides is 1. The number of nitrogens with one attached hydrogen (secondary N) is 2. The lowest BCUT2D eigenvalue weighted by Crippen LogP contribution is -2.38. The lowest BCUT2D eigenvalue weighted by Gasteiger charge is -2.17. The van der Waals surface area contributed by atoms with Crippen molar-refractivity contribution in [2.24, 2.45) is 7.05 Å². The first-order valence-electron chi connectivity index (χ1n) is 8.37. The van der Waals surface area contributed by atoms with Gasteiger partial charge in [-0.3, -0.25) is 14.5 Å². The van der Waals surface area contributed by atoms with Crippen LogP contribution < -0.4 is 10.6 Å². The summed E-state index contributed by atoms with van der Waals surface area (Å²) in [6.45, 7) is 0.728.